The molecule has 0 atom stereocenters. The number of halogens is 1. The van der Waals surface area contributed by atoms with E-state index >= 15 is 0 Å². The lowest BCUT2D eigenvalue weighted by Crippen LogP contribution is -2.48. The minimum atomic E-state index is 0.105. The molecule has 1 aromatic carbocycles. The van der Waals surface area contributed by atoms with Gasteiger partial charge in [0, 0.05) is 54.7 Å². The summed E-state index contributed by atoms with van der Waals surface area (Å²) in [6.45, 7) is 5.72. The molecule has 0 bridgehead atoms. The summed E-state index contributed by atoms with van der Waals surface area (Å²) in [6, 6.07) is 13.8. The van der Waals surface area contributed by atoms with Gasteiger partial charge in [0.05, 0.1) is 17.1 Å². The van der Waals surface area contributed by atoms with Crippen LogP contribution in [0.2, 0.25) is 5.02 Å². The molecule has 1 aliphatic rings. The lowest BCUT2D eigenvalue weighted by atomic mass is 10.2. The zero-order valence-corrected chi connectivity index (χ0v) is 18.7. The molecule has 3 aromatic heterocycles. The Kier molecular flexibility index (Phi) is 5.38. The van der Waals surface area contributed by atoms with Crippen LogP contribution < -0.4 is 4.90 Å². The topological polar surface area (TPSA) is 54.3 Å². The van der Waals surface area contributed by atoms with Crippen LogP contribution in [-0.2, 0) is 6.54 Å². The number of pyridine rings is 1. The van der Waals surface area contributed by atoms with Crippen molar-refractivity contribution in [2.75, 3.05) is 31.1 Å². The predicted octanol–water partition coefficient (Wildman–Crippen LogP) is 4.47. The van der Waals surface area contributed by atoms with Crippen molar-refractivity contribution in [3.05, 3.63) is 76.0 Å². The van der Waals surface area contributed by atoms with Crippen LogP contribution in [0.1, 0.15) is 20.9 Å². The van der Waals surface area contributed by atoms with Crippen molar-refractivity contribution in [3.63, 3.8) is 0 Å². The maximum atomic E-state index is 13.2. The number of amides is 1. The van der Waals surface area contributed by atoms with Gasteiger partial charge < -0.3 is 9.80 Å². The maximum Gasteiger partial charge on any atom is 0.264 e. The Bertz CT molecular complexity index is 1210. The average Bonchev–Trinajstić information content (AvgIpc) is 3.37. The van der Waals surface area contributed by atoms with Gasteiger partial charge in [0.15, 0.2) is 0 Å². The summed E-state index contributed by atoms with van der Waals surface area (Å²) < 4.78 is 1.98. The third-order valence-corrected chi connectivity index (χ3v) is 7.05. The van der Waals surface area contributed by atoms with Crippen molar-refractivity contribution in [3.8, 4) is 0 Å². The summed E-state index contributed by atoms with van der Waals surface area (Å²) in [5.41, 5.74) is 3.23. The first-order chi connectivity index (χ1) is 15.1. The lowest BCUT2D eigenvalue weighted by molar-refractivity contribution is 0.0751. The number of hydrogen-bond acceptors (Lipinski definition) is 5. The molecule has 1 fully saturated rings. The molecule has 0 N–H and O–H groups in total. The van der Waals surface area contributed by atoms with Crippen LogP contribution in [0.4, 0.5) is 5.69 Å². The van der Waals surface area contributed by atoms with Crippen LogP contribution in [-0.4, -0.2) is 51.8 Å². The van der Waals surface area contributed by atoms with Crippen LogP contribution in [0.25, 0.3) is 10.2 Å². The highest BCUT2D eigenvalue weighted by atomic mass is 35.5. The summed E-state index contributed by atoms with van der Waals surface area (Å²) >= 11 is 7.53. The Morgan fingerprint density at radius 3 is 2.48 bits per heavy atom. The standard InChI is InChI=1S/C23H22ClN5OS/c1-16-20-14-21(31-23(20)29(26-16)15-17-2-4-18(24)5-3-17)22(30)28-12-10-27(11-13-28)19-6-8-25-9-7-19/h2-9,14H,10-13,15H2,1H3. The van der Waals surface area contributed by atoms with Crippen LogP contribution in [0.5, 0.6) is 0 Å². The van der Waals surface area contributed by atoms with Crippen molar-refractivity contribution in [1.82, 2.24) is 19.7 Å². The zero-order valence-electron chi connectivity index (χ0n) is 17.2. The van der Waals surface area contributed by atoms with Gasteiger partial charge in [-0.2, -0.15) is 5.10 Å². The average molecular weight is 452 g/mol. The van der Waals surface area contributed by atoms with E-state index in [1.807, 2.05) is 59.0 Å². The van der Waals surface area contributed by atoms with Crippen LogP contribution in [0, 0.1) is 6.92 Å². The van der Waals surface area contributed by atoms with Crippen LogP contribution in [0.3, 0.4) is 0 Å². The minimum absolute atomic E-state index is 0.105. The number of benzene rings is 1. The Morgan fingerprint density at radius 1 is 1.06 bits per heavy atom. The number of aromatic nitrogens is 3. The van der Waals surface area contributed by atoms with E-state index in [4.69, 9.17) is 11.6 Å². The number of piperazine rings is 1. The normalized spacial score (nSPS) is 14.4. The molecule has 1 aliphatic heterocycles. The van der Waals surface area contributed by atoms with E-state index < -0.39 is 0 Å². The molecule has 1 amide bonds. The molecule has 5 rings (SSSR count). The summed E-state index contributed by atoms with van der Waals surface area (Å²) in [6.07, 6.45) is 3.61. The van der Waals surface area contributed by atoms with E-state index in [0.717, 1.165) is 50.2 Å². The second-order valence-corrected chi connectivity index (χ2v) is 9.15. The van der Waals surface area contributed by atoms with Gasteiger partial charge in [0.1, 0.15) is 4.83 Å². The maximum absolute atomic E-state index is 13.2. The molecule has 0 radical (unpaired) electrons. The molecule has 158 valence electrons. The molecular formula is C23H22ClN5OS. The first-order valence-corrected chi connectivity index (χ1v) is 11.4. The summed E-state index contributed by atoms with van der Waals surface area (Å²) in [7, 11) is 0. The van der Waals surface area contributed by atoms with Gasteiger partial charge in [0.25, 0.3) is 5.91 Å². The van der Waals surface area contributed by atoms with Crippen molar-refractivity contribution in [2.24, 2.45) is 0 Å². The summed E-state index contributed by atoms with van der Waals surface area (Å²) in [5.74, 6) is 0.105. The van der Waals surface area contributed by atoms with Gasteiger partial charge in [0.2, 0.25) is 0 Å². The molecule has 4 aromatic rings. The molecule has 1 saturated heterocycles. The zero-order chi connectivity index (χ0) is 21.4. The van der Waals surface area contributed by atoms with Crippen LogP contribution in [0.15, 0.2) is 54.9 Å². The monoisotopic (exact) mass is 451 g/mol. The number of carbonyl (C=O) groups is 1. The number of aryl methyl sites for hydroxylation is 1. The SMILES string of the molecule is Cc1nn(Cc2ccc(Cl)cc2)c2sc(C(=O)N3CCN(c4ccncc4)CC3)cc12. The van der Waals surface area contributed by atoms with Gasteiger partial charge in [-0.3, -0.25) is 14.5 Å². The minimum Gasteiger partial charge on any atom is -0.368 e. The quantitative estimate of drug-likeness (QED) is 0.459. The largest absolute Gasteiger partial charge is 0.368 e. The molecular weight excluding hydrogens is 430 g/mol. The Morgan fingerprint density at radius 2 is 1.77 bits per heavy atom. The highest BCUT2D eigenvalue weighted by Gasteiger charge is 2.25. The number of thiophene rings is 1. The van der Waals surface area contributed by atoms with Gasteiger partial charge in [-0.05, 0) is 42.8 Å². The first kappa shape index (κ1) is 20.0. The number of carbonyl (C=O) groups excluding carboxylic acids is 1. The molecule has 0 unspecified atom stereocenters. The molecule has 31 heavy (non-hydrogen) atoms. The van der Waals surface area contributed by atoms with Crippen molar-refractivity contribution < 1.29 is 4.79 Å². The molecule has 0 saturated carbocycles. The number of rotatable bonds is 4. The molecule has 0 aliphatic carbocycles. The van der Waals surface area contributed by atoms with E-state index in [1.54, 1.807) is 12.4 Å². The van der Waals surface area contributed by atoms with Gasteiger partial charge >= 0.3 is 0 Å². The molecule has 0 spiro atoms. The van der Waals surface area contributed by atoms with Crippen LogP contribution >= 0.6 is 22.9 Å². The van der Waals surface area contributed by atoms with Gasteiger partial charge in [-0.1, -0.05) is 23.7 Å². The summed E-state index contributed by atoms with van der Waals surface area (Å²) in [4.78, 5) is 23.3. The van der Waals surface area contributed by atoms with E-state index in [-0.39, 0.29) is 5.91 Å². The van der Waals surface area contributed by atoms with Crippen molar-refractivity contribution in [2.45, 2.75) is 13.5 Å². The van der Waals surface area contributed by atoms with E-state index in [2.05, 4.69) is 15.0 Å². The number of nitrogens with zero attached hydrogens (tertiary/aromatic N) is 5. The Labute approximate surface area is 189 Å². The molecule has 8 heteroatoms. The lowest BCUT2D eigenvalue weighted by Gasteiger charge is -2.35. The first-order valence-electron chi connectivity index (χ1n) is 10.2. The molecule has 4 heterocycles. The van der Waals surface area contributed by atoms with Gasteiger partial charge in [-0.15, -0.1) is 11.3 Å². The Hall–Kier alpha value is -2.90. The summed E-state index contributed by atoms with van der Waals surface area (Å²) in [5, 5.41) is 6.46. The number of fused-ring (bicyclic) bond motifs is 1. The Balaban J connectivity index is 1.32. The van der Waals surface area contributed by atoms with E-state index in [1.165, 1.54) is 11.3 Å². The smallest absolute Gasteiger partial charge is 0.264 e. The molecule has 6 nitrogen and oxygen atoms in total. The highest BCUT2D eigenvalue weighted by Crippen LogP contribution is 2.30. The van der Waals surface area contributed by atoms with Gasteiger partial charge in [-0.25, -0.2) is 0 Å². The second-order valence-electron chi connectivity index (χ2n) is 7.68. The van der Waals surface area contributed by atoms with E-state index in [9.17, 15) is 4.79 Å². The highest BCUT2D eigenvalue weighted by molar-refractivity contribution is 7.20. The number of anilines is 1. The van der Waals surface area contributed by atoms with Crippen molar-refractivity contribution in [1.29, 1.82) is 0 Å². The number of hydrogen-bond donors (Lipinski definition) is 0. The third-order valence-electron chi connectivity index (χ3n) is 5.66. The predicted molar refractivity (Wildman–Crippen MR) is 125 cm³/mol. The van der Waals surface area contributed by atoms with E-state index in [0.29, 0.717) is 19.6 Å². The fourth-order valence-electron chi connectivity index (χ4n) is 3.97. The fraction of sp³-hybridized carbons (Fsp3) is 0.261. The fourth-order valence-corrected chi connectivity index (χ4v) is 5.22. The van der Waals surface area contributed by atoms with Crippen molar-refractivity contribution >= 4 is 44.7 Å². The second kappa shape index (κ2) is 8.32. The third kappa shape index (κ3) is 4.03.